The number of hydrogen-bond acceptors (Lipinski definition) is 4. The van der Waals surface area contributed by atoms with Crippen molar-refractivity contribution in [3.8, 4) is 0 Å². The molecule has 0 aliphatic carbocycles. The topological polar surface area (TPSA) is 55.0 Å². The van der Waals surface area contributed by atoms with Crippen LogP contribution in [0.1, 0.15) is 5.56 Å². The van der Waals surface area contributed by atoms with E-state index in [0.29, 0.717) is 0 Å². The zero-order valence-corrected chi connectivity index (χ0v) is 11.3. The van der Waals surface area contributed by atoms with Gasteiger partial charge in [0.25, 0.3) is 0 Å². The van der Waals surface area contributed by atoms with E-state index in [-0.39, 0.29) is 0 Å². The fourth-order valence-corrected chi connectivity index (χ4v) is 2.19. The lowest BCUT2D eigenvalue weighted by molar-refractivity contribution is 0.896. The first-order valence-electron chi connectivity index (χ1n) is 6.49. The van der Waals surface area contributed by atoms with Crippen LogP contribution in [0.2, 0.25) is 0 Å². The predicted molar refractivity (Wildman–Crippen MR) is 82.5 cm³/mol. The van der Waals surface area contributed by atoms with Crippen LogP contribution < -0.4 is 10.6 Å². The van der Waals surface area contributed by atoms with E-state index in [1.165, 1.54) is 0 Å². The molecule has 0 amide bonds. The van der Waals surface area contributed by atoms with Gasteiger partial charge in [0, 0.05) is 37.1 Å². The molecule has 0 saturated heterocycles. The van der Waals surface area contributed by atoms with Crippen LogP contribution in [-0.4, -0.2) is 17.0 Å². The van der Waals surface area contributed by atoms with Crippen molar-refractivity contribution in [1.82, 2.24) is 9.97 Å². The number of anilines is 2. The van der Waals surface area contributed by atoms with Crippen LogP contribution in [0.3, 0.4) is 0 Å². The number of benzene rings is 1. The third-order valence-corrected chi connectivity index (χ3v) is 3.23. The summed E-state index contributed by atoms with van der Waals surface area (Å²) < 4.78 is 0. The number of nitrogen functional groups attached to an aromatic ring is 1. The van der Waals surface area contributed by atoms with Gasteiger partial charge in [0.1, 0.15) is 5.82 Å². The number of nitrogens with zero attached hydrogens (tertiary/aromatic N) is 3. The Balaban J connectivity index is 1.88. The highest BCUT2D eigenvalue weighted by Crippen LogP contribution is 2.20. The molecule has 4 nitrogen and oxygen atoms in total. The van der Waals surface area contributed by atoms with Crippen molar-refractivity contribution < 1.29 is 0 Å². The van der Waals surface area contributed by atoms with Gasteiger partial charge < -0.3 is 10.6 Å². The molecular formula is C16H16N4. The molecule has 2 N–H and O–H groups in total. The van der Waals surface area contributed by atoms with E-state index < -0.39 is 0 Å². The second kappa shape index (κ2) is 5.17. The lowest BCUT2D eigenvalue weighted by Crippen LogP contribution is -2.17. The average Bonchev–Trinajstić information content (AvgIpc) is 2.47. The van der Waals surface area contributed by atoms with Crippen molar-refractivity contribution in [3.63, 3.8) is 0 Å². The molecule has 0 saturated carbocycles. The van der Waals surface area contributed by atoms with E-state index in [1.807, 2.05) is 49.6 Å². The molecular weight excluding hydrogens is 248 g/mol. The van der Waals surface area contributed by atoms with Crippen molar-refractivity contribution in [2.45, 2.75) is 6.54 Å². The van der Waals surface area contributed by atoms with Crippen LogP contribution in [0, 0.1) is 0 Å². The Labute approximate surface area is 117 Å². The molecule has 0 atom stereocenters. The largest absolute Gasteiger partial charge is 0.399 e. The predicted octanol–water partition coefficient (Wildman–Crippen LogP) is 2.85. The van der Waals surface area contributed by atoms with Crippen LogP contribution in [0.4, 0.5) is 11.5 Å². The van der Waals surface area contributed by atoms with Crippen molar-refractivity contribution in [2.75, 3.05) is 17.7 Å². The molecule has 2 heterocycles. The third-order valence-electron chi connectivity index (χ3n) is 3.23. The monoisotopic (exact) mass is 264 g/mol. The van der Waals surface area contributed by atoms with E-state index >= 15 is 0 Å². The van der Waals surface area contributed by atoms with Gasteiger partial charge >= 0.3 is 0 Å². The number of aromatic nitrogens is 2. The second-order valence-corrected chi connectivity index (χ2v) is 4.84. The summed E-state index contributed by atoms with van der Waals surface area (Å²) in [6.07, 6.45) is 3.65. The van der Waals surface area contributed by atoms with Crippen LogP contribution in [0.5, 0.6) is 0 Å². The number of pyridine rings is 2. The van der Waals surface area contributed by atoms with E-state index in [0.717, 1.165) is 34.5 Å². The summed E-state index contributed by atoms with van der Waals surface area (Å²) in [5.74, 6) is 0.936. The SMILES string of the molecule is CN(Cc1cccnc1)c1ccc2cc(N)ccc2n1. The first kappa shape index (κ1) is 12.4. The molecule has 20 heavy (non-hydrogen) atoms. The molecule has 4 heteroatoms. The van der Waals surface area contributed by atoms with Gasteiger partial charge in [-0.25, -0.2) is 4.98 Å². The Morgan fingerprint density at radius 3 is 2.85 bits per heavy atom. The van der Waals surface area contributed by atoms with Gasteiger partial charge in [-0.05, 0) is 42.0 Å². The summed E-state index contributed by atoms with van der Waals surface area (Å²) in [6.45, 7) is 0.779. The molecule has 0 radical (unpaired) electrons. The maximum absolute atomic E-state index is 5.78. The Kier molecular flexibility index (Phi) is 3.21. The van der Waals surface area contributed by atoms with Crippen molar-refractivity contribution >= 4 is 22.4 Å². The third kappa shape index (κ3) is 2.54. The first-order chi connectivity index (χ1) is 9.72. The molecule has 100 valence electrons. The van der Waals surface area contributed by atoms with E-state index in [9.17, 15) is 0 Å². The normalized spacial score (nSPS) is 10.7. The summed E-state index contributed by atoms with van der Waals surface area (Å²) in [5.41, 5.74) is 8.65. The highest BCUT2D eigenvalue weighted by Gasteiger charge is 2.05. The number of nitrogens with two attached hydrogens (primary N) is 1. The van der Waals surface area contributed by atoms with Crippen molar-refractivity contribution in [3.05, 3.63) is 60.4 Å². The smallest absolute Gasteiger partial charge is 0.129 e. The summed E-state index contributed by atoms with van der Waals surface area (Å²) in [4.78, 5) is 10.9. The maximum atomic E-state index is 5.78. The number of rotatable bonds is 3. The Hall–Kier alpha value is -2.62. The van der Waals surface area contributed by atoms with Gasteiger partial charge in [0.2, 0.25) is 0 Å². The first-order valence-corrected chi connectivity index (χ1v) is 6.49. The van der Waals surface area contributed by atoms with Gasteiger partial charge in [-0.1, -0.05) is 6.07 Å². The quantitative estimate of drug-likeness (QED) is 0.739. The average molecular weight is 264 g/mol. The summed E-state index contributed by atoms with van der Waals surface area (Å²) >= 11 is 0. The van der Waals surface area contributed by atoms with Crippen LogP contribution in [0.15, 0.2) is 54.9 Å². The van der Waals surface area contributed by atoms with E-state index in [2.05, 4.69) is 20.9 Å². The van der Waals surface area contributed by atoms with Crippen LogP contribution in [0.25, 0.3) is 10.9 Å². The Morgan fingerprint density at radius 1 is 1.15 bits per heavy atom. The Morgan fingerprint density at radius 2 is 2.05 bits per heavy atom. The highest BCUT2D eigenvalue weighted by molar-refractivity contribution is 5.83. The number of hydrogen-bond donors (Lipinski definition) is 1. The molecule has 0 aliphatic rings. The van der Waals surface area contributed by atoms with Gasteiger partial charge in [0.05, 0.1) is 5.52 Å². The Bertz CT molecular complexity index is 725. The lowest BCUT2D eigenvalue weighted by atomic mass is 10.2. The second-order valence-electron chi connectivity index (χ2n) is 4.84. The summed E-state index contributed by atoms with van der Waals surface area (Å²) in [7, 11) is 2.03. The molecule has 1 aromatic carbocycles. The lowest BCUT2D eigenvalue weighted by Gasteiger charge is -2.18. The molecule has 0 bridgehead atoms. The fourth-order valence-electron chi connectivity index (χ4n) is 2.19. The molecule has 0 spiro atoms. The van der Waals surface area contributed by atoms with Crippen LogP contribution in [-0.2, 0) is 6.54 Å². The summed E-state index contributed by atoms with van der Waals surface area (Å²) in [5, 5.41) is 1.06. The molecule has 2 aromatic heterocycles. The van der Waals surface area contributed by atoms with E-state index in [1.54, 1.807) is 6.20 Å². The molecule has 0 aliphatic heterocycles. The minimum atomic E-state index is 0.760. The minimum absolute atomic E-state index is 0.760. The van der Waals surface area contributed by atoms with Crippen LogP contribution >= 0.6 is 0 Å². The molecule has 3 rings (SSSR count). The van der Waals surface area contributed by atoms with Gasteiger partial charge in [-0.2, -0.15) is 0 Å². The molecule has 0 fully saturated rings. The minimum Gasteiger partial charge on any atom is -0.399 e. The van der Waals surface area contributed by atoms with Crippen molar-refractivity contribution in [1.29, 1.82) is 0 Å². The standard InChI is InChI=1S/C16H16N4/c1-20(11-12-3-2-8-18-10-12)16-7-4-13-9-14(17)5-6-15(13)19-16/h2-10H,11,17H2,1H3. The maximum Gasteiger partial charge on any atom is 0.129 e. The van der Waals surface area contributed by atoms with Gasteiger partial charge in [-0.15, -0.1) is 0 Å². The zero-order valence-electron chi connectivity index (χ0n) is 11.3. The zero-order chi connectivity index (χ0) is 13.9. The van der Waals surface area contributed by atoms with Gasteiger partial charge in [0.15, 0.2) is 0 Å². The summed E-state index contributed by atoms with van der Waals surface area (Å²) in [6, 6.07) is 13.8. The highest BCUT2D eigenvalue weighted by atomic mass is 15.2. The molecule has 0 unspecified atom stereocenters. The van der Waals surface area contributed by atoms with E-state index in [4.69, 9.17) is 5.73 Å². The van der Waals surface area contributed by atoms with Gasteiger partial charge in [-0.3, -0.25) is 4.98 Å². The fraction of sp³-hybridized carbons (Fsp3) is 0.125. The van der Waals surface area contributed by atoms with Crippen molar-refractivity contribution in [2.24, 2.45) is 0 Å². The number of fused-ring (bicyclic) bond motifs is 1. The molecule has 3 aromatic rings.